The zero-order chi connectivity index (χ0) is 36.7. The number of aromatic nitrogens is 5. The van der Waals surface area contributed by atoms with Gasteiger partial charge in [0.15, 0.2) is 11.5 Å². The van der Waals surface area contributed by atoms with Gasteiger partial charge in [0.25, 0.3) is 11.1 Å². The molecule has 0 aliphatic carbocycles. The van der Waals surface area contributed by atoms with Crippen LogP contribution in [0.1, 0.15) is 31.4 Å². The van der Waals surface area contributed by atoms with Gasteiger partial charge in [-0.2, -0.15) is 0 Å². The highest BCUT2D eigenvalue weighted by atomic mass is 19.1. The molecule has 15 heteroatoms. The van der Waals surface area contributed by atoms with E-state index < -0.39 is 0 Å². The van der Waals surface area contributed by atoms with Gasteiger partial charge < -0.3 is 39.5 Å². The first-order chi connectivity index (χ1) is 25.8. The van der Waals surface area contributed by atoms with Gasteiger partial charge in [-0.25, -0.2) is 18.7 Å². The maximum Gasteiger partial charge on any atom is 0.269 e. The number of nitrogens with zero attached hydrogens (tertiary/aromatic N) is 7. The summed E-state index contributed by atoms with van der Waals surface area (Å²) < 4.78 is 41.5. The van der Waals surface area contributed by atoms with E-state index in [1.807, 2.05) is 6.07 Å². The van der Waals surface area contributed by atoms with Crippen LogP contribution < -0.4 is 31.6 Å². The Hall–Kier alpha value is -4.83. The number of nitrogens with two attached hydrogens (primary N) is 1. The maximum atomic E-state index is 13.7. The smallest absolute Gasteiger partial charge is 0.269 e. The minimum absolute atomic E-state index is 0.193. The number of halogens is 2. The van der Waals surface area contributed by atoms with Gasteiger partial charge >= 0.3 is 0 Å². The molecule has 2 fully saturated rings. The van der Waals surface area contributed by atoms with Crippen molar-refractivity contribution in [1.82, 2.24) is 39.2 Å². The average molecular weight is 730 g/mol. The lowest BCUT2D eigenvalue weighted by Gasteiger charge is -2.32. The highest BCUT2D eigenvalue weighted by Gasteiger charge is 2.20. The molecule has 0 atom stereocenters. The summed E-state index contributed by atoms with van der Waals surface area (Å²) in [6.45, 7) is 8.17. The minimum atomic E-state index is -0.363. The number of piperidine rings is 2. The second-order valence-corrected chi connectivity index (χ2v) is 13.8. The van der Waals surface area contributed by atoms with Crippen LogP contribution in [0.2, 0.25) is 0 Å². The van der Waals surface area contributed by atoms with E-state index in [2.05, 4.69) is 30.1 Å². The molecule has 3 N–H and O–H groups in total. The molecular weight excluding hydrogens is 684 g/mol. The number of ether oxygens (including phenoxy) is 2. The van der Waals surface area contributed by atoms with Gasteiger partial charge in [0.05, 0.1) is 46.4 Å². The third kappa shape index (κ3) is 9.22. The van der Waals surface area contributed by atoms with Crippen molar-refractivity contribution in [2.45, 2.75) is 57.4 Å². The zero-order valence-corrected chi connectivity index (χ0v) is 29.6. The molecule has 2 saturated heterocycles. The van der Waals surface area contributed by atoms with Crippen LogP contribution in [-0.2, 0) is 19.6 Å². The Morgan fingerprint density at radius 2 is 1.21 bits per heavy atom. The fourth-order valence-corrected chi connectivity index (χ4v) is 7.09. The number of benzene rings is 2. The number of rotatable bonds is 9. The molecule has 280 valence electrons. The summed E-state index contributed by atoms with van der Waals surface area (Å²) >= 11 is 0. The van der Waals surface area contributed by atoms with Crippen LogP contribution in [0.3, 0.4) is 0 Å². The number of pyridine rings is 1. The van der Waals surface area contributed by atoms with E-state index in [-0.39, 0.29) is 22.8 Å². The lowest BCUT2D eigenvalue weighted by Crippen LogP contribution is -2.43. The Bertz CT molecular complexity index is 2150. The average Bonchev–Trinajstić information content (AvgIpc) is 3.17. The summed E-state index contributed by atoms with van der Waals surface area (Å²) in [4.78, 5) is 41.6. The van der Waals surface area contributed by atoms with Crippen LogP contribution in [-0.4, -0.2) is 98.5 Å². The summed E-state index contributed by atoms with van der Waals surface area (Å²) in [5.74, 6) is 0.749. The van der Waals surface area contributed by atoms with E-state index in [0.717, 1.165) is 76.4 Å². The molecule has 3 aliphatic rings. The van der Waals surface area contributed by atoms with Gasteiger partial charge in [-0.15, -0.1) is 0 Å². The highest BCUT2D eigenvalue weighted by molar-refractivity contribution is 5.75. The Morgan fingerprint density at radius 3 is 1.77 bits per heavy atom. The van der Waals surface area contributed by atoms with E-state index in [4.69, 9.17) is 15.2 Å². The quantitative estimate of drug-likeness (QED) is 0.231. The maximum absolute atomic E-state index is 13.7. The number of likely N-dealkylation sites (tertiary alicyclic amines) is 2. The SMILES string of the molecule is NC1CCN(CCn2c(=O)cnc3ccc(F)cc32)CC1.O=c1cnc2ccc(F)cc2n1CCN1CCC(NCc2cc3c(cn2)OCCO3)CC1. The van der Waals surface area contributed by atoms with E-state index in [9.17, 15) is 18.4 Å². The third-order valence-electron chi connectivity index (χ3n) is 10.2. The van der Waals surface area contributed by atoms with E-state index in [0.29, 0.717) is 72.7 Å². The number of fused-ring (bicyclic) bond motifs is 3. The van der Waals surface area contributed by atoms with Crippen LogP contribution in [0.4, 0.5) is 8.78 Å². The summed E-state index contributed by atoms with van der Waals surface area (Å²) in [5, 5.41) is 3.59. The highest BCUT2D eigenvalue weighted by Crippen LogP contribution is 2.29. The minimum Gasteiger partial charge on any atom is -0.486 e. The molecule has 5 aromatic rings. The molecule has 0 unspecified atom stereocenters. The molecule has 0 bridgehead atoms. The molecule has 53 heavy (non-hydrogen) atoms. The summed E-state index contributed by atoms with van der Waals surface area (Å²) in [5.41, 5.74) is 8.79. The van der Waals surface area contributed by atoms with Crippen molar-refractivity contribution < 1.29 is 18.3 Å². The van der Waals surface area contributed by atoms with Crippen LogP contribution >= 0.6 is 0 Å². The van der Waals surface area contributed by atoms with Crippen molar-refractivity contribution in [2.24, 2.45) is 5.73 Å². The molecule has 0 amide bonds. The molecule has 13 nitrogen and oxygen atoms in total. The van der Waals surface area contributed by atoms with Gasteiger partial charge in [-0.3, -0.25) is 14.6 Å². The van der Waals surface area contributed by atoms with Crippen LogP contribution in [0.25, 0.3) is 22.1 Å². The molecule has 6 heterocycles. The first kappa shape index (κ1) is 36.5. The van der Waals surface area contributed by atoms with Gasteiger partial charge in [-0.05, 0) is 88.3 Å². The predicted octanol–water partition coefficient (Wildman–Crippen LogP) is 2.91. The van der Waals surface area contributed by atoms with Crippen molar-refractivity contribution in [1.29, 1.82) is 0 Å². The Labute approximate surface area is 305 Å². The first-order valence-corrected chi connectivity index (χ1v) is 18.3. The van der Waals surface area contributed by atoms with Crippen molar-refractivity contribution in [3.05, 3.63) is 99.1 Å². The number of nitrogens with one attached hydrogen (secondary N) is 1. The predicted molar refractivity (Wildman–Crippen MR) is 197 cm³/mol. The third-order valence-corrected chi connectivity index (χ3v) is 10.2. The zero-order valence-electron chi connectivity index (χ0n) is 29.6. The van der Waals surface area contributed by atoms with Crippen molar-refractivity contribution in [2.75, 3.05) is 52.5 Å². The van der Waals surface area contributed by atoms with Gasteiger partial charge in [0.2, 0.25) is 0 Å². The lowest BCUT2D eigenvalue weighted by molar-refractivity contribution is 0.170. The molecule has 0 saturated carbocycles. The fraction of sp³-hybridized carbons (Fsp3) is 0.447. The van der Waals surface area contributed by atoms with Crippen LogP contribution in [0, 0.1) is 11.6 Å². The summed E-state index contributed by atoms with van der Waals surface area (Å²) in [6, 6.07) is 11.3. The van der Waals surface area contributed by atoms with Crippen molar-refractivity contribution in [3.8, 4) is 11.5 Å². The largest absolute Gasteiger partial charge is 0.486 e. The van der Waals surface area contributed by atoms with Crippen LogP contribution in [0.5, 0.6) is 11.5 Å². The van der Waals surface area contributed by atoms with Crippen LogP contribution in [0.15, 0.2) is 70.6 Å². The fourth-order valence-electron chi connectivity index (χ4n) is 7.09. The Balaban J connectivity index is 0.000000179. The number of hydrogen-bond acceptors (Lipinski definition) is 11. The van der Waals surface area contributed by atoms with Gasteiger partial charge in [-0.1, -0.05) is 0 Å². The van der Waals surface area contributed by atoms with E-state index >= 15 is 0 Å². The summed E-state index contributed by atoms with van der Waals surface area (Å²) in [6.07, 6.45) is 8.34. The molecule has 8 rings (SSSR count). The molecule has 0 radical (unpaired) electrons. The first-order valence-electron chi connectivity index (χ1n) is 18.3. The van der Waals surface area contributed by atoms with E-state index in [1.165, 1.54) is 36.7 Å². The van der Waals surface area contributed by atoms with Crippen molar-refractivity contribution in [3.63, 3.8) is 0 Å². The molecular formula is C38H45F2N9O4. The molecule has 3 aromatic heterocycles. The monoisotopic (exact) mass is 729 g/mol. The Morgan fingerprint density at radius 1 is 0.679 bits per heavy atom. The Kier molecular flexibility index (Phi) is 11.6. The molecule has 0 spiro atoms. The summed E-state index contributed by atoms with van der Waals surface area (Å²) in [7, 11) is 0. The normalized spacial score (nSPS) is 17.2. The molecule has 2 aromatic carbocycles. The second kappa shape index (κ2) is 16.9. The second-order valence-electron chi connectivity index (χ2n) is 13.8. The van der Waals surface area contributed by atoms with Crippen molar-refractivity contribution >= 4 is 22.1 Å². The number of hydrogen-bond donors (Lipinski definition) is 2. The van der Waals surface area contributed by atoms with Gasteiger partial charge in [0.1, 0.15) is 24.8 Å². The molecule has 3 aliphatic heterocycles. The van der Waals surface area contributed by atoms with E-state index in [1.54, 1.807) is 27.5 Å². The standard InChI is InChI=1S/C23H26FN5O3.C15H19FN4O/c24-16-1-2-19-20(11-16)29(23(30)15-27-19)8-7-28-5-3-17(4-6-28)25-13-18-12-21-22(14-26-18)32-10-9-31-21;16-11-1-2-13-14(9-11)20(15(21)10-18-13)8-7-19-5-3-12(17)4-6-19/h1-2,11-12,14-15,17,25H,3-10,13H2;1-2,9-10,12H,3-8,17H2. The lowest BCUT2D eigenvalue weighted by atomic mass is 10.0. The topological polar surface area (TPSA) is 146 Å². The van der Waals surface area contributed by atoms with Gasteiger partial charge in [0, 0.05) is 50.9 Å².